The maximum absolute atomic E-state index is 11.1. The summed E-state index contributed by atoms with van der Waals surface area (Å²) in [6.07, 6.45) is 0. The second-order valence-electron chi connectivity index (χ2n) is 4.12. The van der Waals surface area contributed by atoms with Crippen molar-refractivity contribution in [2.45, 2.75) is 27.7 Å². The first kappa shape index (κ1) is 11.9. The Kier molecular flexibility index (Phi) is 3.91. The van der Waals surface area contributed by atoms with E-state index >= 15 is 0 Å². The Morgan fingerprint density at radius 3 is 2.15 bits per heavy atom. The number of hydrogen-bond acceptors (Lipinski definition) is 2. The van der Waals surface area contributed by atoms with E-state index in [2.05, 4.69) is 5.32 Å². The lowest BCUT2D eigenvalue weighted by Gasteiger charge is -2.21. The van der Waals surface area contributed by atoms with Crippen LogP contribution in [0.2, 0.25) is 0 Å². The molecule has 0 heterocycles. The van der Waals surface area contributed by atoms with Gasteiger partial charge in [-0.1, -0.05) is 13.8 Å². The summed E-state index contributed by atoms with van der Waals surface area (Å²) in [6.45, 7) is 7.30. The van der Waals surface area contributed by atoms with Gasteiger partial charge in [-0.2, -0.15) is 0 Å². The second-order valence-corrected chi connectivity index (χ2v) is 4.12. The third-order valence-corrected chi connectivity index (χ3v) is 1.90. The molecule has 0 aromatic carbocycles. The third kappa shape index (κ3) is 3.92. The molecular weight excluding hydrogens is 168 g/mol. The summed E-state index contributed by atoms with van der Waals surface area (Å²) in [5.41, 5.74) is 4.47. The fourth-order valence-corrected chi connectivity index (χ4v) is 0.599. The lowest BCUT2D eigenvalue weighted by Crippen LogP contribution is -2.43. The largest absolute Gasteiger partial charge is 0.369 e. The Hall–Kier alpha value is -1.06. The molecule has 0 unspecified atom stereocenters. The molecule has 2 amide bonds. The van der Waals surface area contributed by atoms with Crippen molar-refractivity contribution in [3.8, 4) is 0 Å². The van der Waals surface area contributed by atoms with Crippen molar-refractivity contribution in [3.05, 3.63) is 0 Å². The Morgan fingerprint density at radius 2 is 1.85 bits per heavy atom. The van der Waals surface area contributed by atoms with Gasteiger partial charge in [-0.15, -0.1) is 0 Å². The van der Waals surface area contributed by atoms with Crippen LogP contribution in [0.4, 0.5) is 0 Å². The van der Waals surface area contributed by atoms with E-state index in [-0.39, 0.29) is 11.8 Å². The van der Waals surface area contributed by atoms with Crippen molar-refractivity contribution in [1.29, 1.82) is 0 Å². The van der Waals surface area contributed by atoms with Crippen LogP contribution in [0.1, 0.15) is 27.7 Å². The van der Waals surface area contributed by atoms with Gasteiger partial charge in [-0.25, -0.2) is 0 Å². The second kappa shape index (κ2) is 4.25. The van der Waals surface area contributed by atoms with Gasteiger partial charge in [0.05, 0.1) is 5.41 Å². The van der Waals surface area contributed by atoms with Crippen LogP contribution >= 0.6 is 0 Å². The van der Waals surface area contributed by atoms with Gasteiger partial charge in [0.25, 0.3) is 0 Å². The smallest absolute Gasteiger partial charge is 0.224 e. The van der Waals surface area contributed by atoms with E-state index in [1.54, 1.807) is 27.7 Å². The van der Waals surface area contributed by atoms with Crippen molar-refractivity contribution < 1.29 is 9.59 Å². The van der Waals surface area contributed by atoms with Crippen molar-refractivity contribution in [1.82, 2.24) is 5.32 Å². The fraction of sp³-hybridized carbons (Fsp3) is 0.778. The minimum atomic E-state index is -0.676. The van der Waals surface area contributed by atoms with E-state index in [0.29, 0.717) is 6.54 Å². The number of rotatable bonds is 4. The summed E-state index contributed by atoms with van der Waals surface area (Å²) in [6, 6.07) is 0. The van der Waals surface area contributed by atoms with Crippen LogP contribution in [-0.4, -0.2) is 18.4 Å². The van der Waals surface area contributed by atoms with Crippen LogP contribution in [0.3, 0.4) is 0 Å². The highest BCUT2D eigenvalue weighted by atomic mass is 16.2. The van der Waals surface area contributed by atoms with Gasteiger partial charge < -0.3 is 11.1 Å². The molecule has 0 saturated carbocycles. The van der Waals surface area contributed by atoms with E-state index in [1.807, 2.05) is 0 Å². The topological polar surface area (TPSA) is 72.2 Å². The molecule has 76 valence electrons. The van der Waals surface area contributed by atoms with Gasteiger partial charge in [-0.05, 0) is 13.8 Å². The highest BCUT2D eigenvalue weighted by Gasteiger charge is 2.25. The van der Waals surface area contributed by atoms with Crippen LogP contribution in [0, 0.1) is 11.3 Å². The van der Waals surface area contributed by atoms with Gasteiger partial charge in [0.1, 0.15) is 0 Å². The number of nitrogens with two attached hydrogens (primary N) is 1. The molecule has 0 aromatic heterocycles. The number of primary amides is 1. The molecule has 4 nitrogen and oxygen atoms in total. The number of carbonyl (C=O) groups excluding carboxylic acids is 2. The number of amides is 2. The molecular formula is C9H18N2O2. The van der Waals surface area contributed by atoms with E-state index in [4.69, 9.17) is 5.73 Å². The standard InChI is InChI=1S/C9H18N2O2/c1-6(2)7(12)11-5-9(3,4)8(10)13/h6H,5H2,1-4H3,(H2,10,13)(H,11,12). The van der Waals surface area contributed by atoms with Crippen molar-refractivity contribution in [3.63, 3.8) is 0 Å². The van der Waals surface area contributed by atoms with Crippen molar-refractivity contribution in [2.24, 2.45) is 17.1 Å². The normalized spacial score (nSPS) is 11.5. The van der Waals surface area contributed by atoms with Gasteiger partial charge in [-0.3, -0.25) is 9.59 Å². The number of nitrogens with one attached hydrogen (secondary N) is 1. The molecule has 0 bridgehead atoms. The summed E-state index contributed by atoms with van der Waals surface area (Å²) in [4.78, 5) is 22.0. The summed E-state index contributed by atoms with van der Waals surface area (Å²) in [5.74, 6) is -0.533. The molecule has 0 aliphatic carbocycles. The van der Waals surface area contributed by atoms with Crippen LogP contribution in [0.5, 0.6) is 0 Å². The minimum Gasteiger partial charge on any atom is -0.369 e. The minimum absolute atomic E-state index is 0.0608. The Bertz CT molecular complexity index is 210. The first-order chi connectivity index (χ1) is 5.77. The molecule has 0 radical (unpaired) electrons. The summed E-state index contributed by atoms with van der Waals surface area (Å²) >= 11 is 0. The van der Waals surface area contributed by atoms with Crippen molar-refractivity contribution >= 4 is 11.8 Å². The number of hydrogen-bond donors (Lipinski definition) is 2. The SMILES string of the molecule is CC(C)C(=O)NCC(C)(C)C(N)=O. The Labute approximate surface area is 78.9 Å². The zero-order valence-corrected chi connectivity index (χ0v) is 8.68. The Balaban J connectivity index is 4.03. The maximum atomic E-state index is 11.1. The quantitative estimate of drug-likeness (QED) is 0.661. The molecule has 0 aliphatic rings. The van der Waals surface area contributed by atoms with Crippen molar-refractivity contribution in [2.75, 3.05) is 6.54 Å². The van der Waals surface area contributed by atoms with E-state index in [9.17, 15) is 9.59 Å². The molecule has 0 aliphatic heterocycles. The molecule has 0 atom stereocenters. The average molecular weight is 186 g/mol. The van der Waals surface area contributed by atoms with Crippen LogP contribution < -0.4 is 11.1 Å². The molecule has 3 N–H and O–H groups in total. The highest BCUT2D eigenvalue weighted by molar-refractivity contribution is 5.82. The predicted molar refractivity (Wildman–Crippen MR) is 50.8 cm³/mol. The van der Waals surface area contributed by atoms with Gasteiger partial charge >= 0.3 is 0 Å². The van der Waals surface area contributed by atoms with Gasteiger partial charge in [0.2, 0.25) is 11.8 Å². The zero-order chi connectivity index (χ0) is 10.6. The third-order valence-electron chi connectivity index (χ3n) is 1.90. The van der Waals surface area contributed by atoms with Crippen LogP contribution in [0.15, 0.2) is 0 Å². The van der Waals surface area contributed by atoms with Gasteiger partial charge in [0, 0.05) is 12.5 Å². The first-order valence-electron chi connectivity index (χ1n) is 4.35. The average Bonchev–Trinajstić information content (AvgIpc) is 1.99. The lowest BCUT2D eigenvalue weighted by atomic mass is 9.92. The molecule has 0 aromatic rings. The van der Waals surface area contributed by atoms with E-state index in [1.165, 1.54) is 0 Å². The molecule has 0 saturated heterocycles. The molecule has 0 fully saturated rings. The number of carbonyl (C=O) groups is 2. The molecule has 4 heteroatoms. The predicted octanol–water partition coefficient (Wildman–Crippen LogP) is 0.270. The summed E-state index contributed by atoms with van der Waals surface area (Å²) in [7, 11) is 0. The summed E-state index contributed by atoms with van der Waals surface area (Å²) < 4.78 is 0. The van der Waals surface area contributed by atoms with E-state index < -0.39 is 11.3 Å². The molecule has 0 spiro atoms. The fourth-order valence-electron chi connectivity index (χ4n) is 0.599. The highest BCUT2D eigenvalue weighted by Crippen LogP contribution is 2.11. The first-order valence-corrected chi connectivity index (χ1v) is 4.35. The molecule has 0 rings (SSSR count). The van der Waals surface area contributed by atoms with Crippen LogP contribution in [0.25, 0.3) is 0 Å². The van der Waals surface area contributed by atoms with E-state index in [0.717, 1.165) is 0 Å². The Morgan fingerprint density at radius 1 is 1.38 bits per heavy atom. The molecule has 13 heavy (non-hydrogen) atoms. The maximum Gasteiger partial charge on any atom is 0.224 e. The van der Waals surface area contributed by atoms with Gasteiger partial charge in [0.15, 0.2) is 0 Å². The lowest BCUT2D eigenvalue weighted by molar-refractivity contribution is -0.127. The zero-order valence-electron chi connectivity index (χ0n) is 8.68. The van der Waals surface area contributed by atoms with Crippen LogP contribution in [-0.2, 0) is 9.59 Å². The monoisotopic (exact) mass is 186 g/mol. The summed E-state index contributed by atoms with van der Waals surface area (Å²) in [5, 5.41) is 2.66.